The lowest BCUT2D eigenvalue weighted by atomic mass is 9.54. The van der Waals surface area contributed by atoms with Crippen LogP contribution in [0, 0.1) is 0 Å². The first-order valence-corrected chi connectivity index (χ1v) is 21.3. The largest absolute Gasteiger partial charge is 0.421 e. The first-order chi connectivity index (χ1) is 27.3. The summed E-state index contributed by atoms with van der Waals surface area (Å²) < 4.78 is 0. The summed E-state index contributed by atoms with van der Waals surface area (Å²) in [5.41, 5.74) is 17.9. The standard InChI is InChI=1S/C48H36B2N4S2/c1-47(2)29-15-5-7-17-35(29)51-39-21-13-25-43-45(39)53(37-19-9-11-23-41(37)55-43)49(51)33-28-32-34(27-31(33)47)50-52(36-18-8-6-16-30(36)48(32,3)4)40-22-14-26-44-46(40)54(50)38-20-10-12-24-42(38)56-44/h5-28H,1-4H3. The predicted molar refractivity (Wildman–Crippen MR) is 237 cm³/mol. The lowest BCUT2D eigenvalue weighted by Crippen LogP contribution is -2.58. The van der Waals surface area contributed by atoms with Gasteiger partial charge in [0.15, 0.2) is 0 Å². The molecule has 0 spiro atoms. The zero-order valence-electron chi connectivity index (χ0n) is 31.6. The van der Waals surface area contributed by atoms with Crippen LogP contribution in [-0.2, 0) is 10.8 Å². The number of hydrogen-bond donors (Lipinski definition) is 0. The van der Waals surface area contributed by atoms with Crippen LogP contribution < -0.4 is 30.2 Å². The quantitative estimate of drug-likeness (QED) is 0.142. The van der Waals surface area contributed by atoms with Gasteiger partial charge in [0.1, 0.15) is 0 Å². The number of rotatable bonds is 0. The Hall–Kier alpha value is -5.43. The minimum absolute atomic E-state index is 0.0682. The van der Waals surface area contributed by atoms with Crippen molar-refractivity contribution in [2.45, 2.75) is 58.1 Å². The Kier molecular flexibility index (Phi) is 6.06. The minimum Gasteiger partial charge on any atom is -0.360 e. The number of anilines is 8. The van der Waals surface area contributed by atoms with Crippen molar-refractivity contribution in [1.82, 2.24) is 0 Å². The van der Waals surface area contributed by atoms with E-state index in [9.17, 15) is 0 Å². The van der Waals surface area contributed by atoms with E-state index in [0.29, 0.717) is 0 Å². The van der Waals surface area contributed by atoms with Crippen molar-refractivity contribution < 1.29 is 0 Å². The van der Waals surface area contributed by atoms with Gasteiger partial charge >= 0.3 is 14.0 Å². The second-order valence-corrected chi connectivity index (χ2v) is 19.1. The molecule has 0 unspecified atom stereocenters. The van der Waals surface area contributed by atoms with E-state index in [1.807, 2.05) is 23.5 Å². The van der Waals surface area contributed by atoms with Crippen LogP contribution in [-0.4, -0.2) is 14.0 Å². The second-order valence-electron chi connectivity index (χ2n) is 16.9. The highest BCUT2D eigenvalue weighted by atomic mass is 32.2. The molecule has 0 fully saturated rings. The second kappa shape index (κ2) is 10.7. The third kappa shape index (κ3) is 3.78. The fourth-order valence-corrected chi connectivity index (χ4v) is 13.2. The Morgan fingerprint density at radius 3 is 1.16 bits per heavy atom. The number of hydrogen-bond acceptors (Lipinski definition) is 6. The number of para-hydroxylation sites is 6. The van der Waals surface area contributed by atoms with Gasteiger partial charge in [0.05, 0.1) is 22.7 Å². The highest BCUT2D eigenvalue weighted by Crippen LogP contribution is 2.61. The maximum Gasteiger partial charge on any atom is 0.421 e. The molecule has 4 nitrogen and oxygen atoms in total. The van der Waals surface area contributed by atoms with E-state index in [1.54, 1.807) is 0 Å². The Morgan fingerprint density at radius 1 is 0.357 bits per heavy atom. The van der Waals surface area contributed by atoms with Gasteiger partial charge < -0.3 is 19.2 Å². The summed E-state index contributed by atoms with van der Waals surface area (Å²) in [4.78, 5) is 15.9. The lowest BCUT2D eigenvalue weighted by molar-refractivity contribution is 0.637. The van der Waals surface area contributed by atoms with Gasteiger partial charge in [0, 0.05) is 53.2 Å². The van der Waals surface area contributed by atoms with Crippen LogP contribution in [0.2, 0.25) is 0 Å². The van der Waals surface area contributed by atoms with Gasteiger partial charge in [-0.05, 0) is 93.8 Å². The van der Waals surface area contributed by atoms with Crippen LogP contribution in [0.4, 0.5) is 45.5 Å². The van der Waals surface area contributed by atoms with Gasteiger partial charge in [-0.1, -0.05) is 136 Å². The maximum absolute atomic E-state index is 2.67. The molecule has 0 atom stereocenters. The smallest absolute Gasteiger partial charge is 0.360 e. The summed E-state index contributed by atoms with van der Waals surface area (Å²) in [7, 11) is 0. The van der Waals surface area contributed by atoms with Crippen LogP contribution in [0.15, 0.2) is 165 Å². The van der Waals surface area contributed by atoms with Gasteiger partial charge in [-0.3, -0.25) is 0 Å². The van der Waals surface area contributed by atoms with Crippen molar-refractivity contribution in [3.8, 4) is 0 Å². The van der Waals surface area contributed by atoms with Gasteiger partial charge in [-0.15, -0.1) is 0 Å². The van der Waals surface area contributed by atoms with Crippen molar-refractivity contribution >= 4 is 93.9 Å². The molecule has 13 rings (SSSR count). The predicted octanol–water partition coefficient (Wildman–Crippen LogP) is 11.3. The number of nitrogens with zero attached hydrogens (tertiary/aromatic N) is 4. The van der Waals surface area contributed by atoms with Crippen molar-refractivity contribution in [2.75, 3.05) is 19.2 Å². The Bertz CT molecular complexity index is 2710. The molecule has 0 radical (unpaired) electrons. The lowest BCUT2D eigenvalue weighted by Gasteiger charge is -2.37. The van der Waals surface area contributed by atoms with Crippen LogP contribution in [0.25, 0.3) is 0 Å². The molecule has 56 heavy (non-hydrogen) atoms. The molecular formula is C48H36B2N4S2. The monoisotopic (exact) mass is 754 g/mol. The fourth-order valence-electron chi connectivity index (χ4n) is 11.0. The third-order valence-corrected chi connectivity index (χ3v) is 15.7. The molecule has 0 saturated heterocycles. The molecule has 0 N–H and O–H groups in total. The Morgan fingerprint density at radius 2 is 0.714 bits per heavy atom. The SMILES string of the molecule is CC1(C)c2cc3c(cc2B2N(c4ccccc41)c1cccc4c1N2c1ccccc1S4)C(C)(C)c1ccccc1N1B3N2c3ccccc3Sc3cccc1c32. The zero-order valence-corrected chi connectivity index (χ0v) is 33.2. The topological polar surface area (TPSA) is 13.0 Å². The van der Waals surface area contributed by atoms with Crippen molar-refractivity contribution in [1.29, 1.82) is 0 Å². The Labute approximate surface area is 337 Å². The molecule has 0 aromatic heterocycles. The van der Waals surface area contributed by atoms with Gasteiger partial charge in [0.25, 0.3) is 0 Å². The zero-order chi connectivity index (χ0) is 37.2. The molecule has 7 aromatic carbocycles. The molecule has 0 amide bonds. The van der Waals surface area contributed by atoms with E-state index in [1.165, 1.54) is 98.3 Å². The normalized spacial score (nSPS) is 17.6. The third-order valence-electron chi connectivity index (χ3n) is 13.4. The summed E-state index contributed by atoms with van der Waals surface area (Å²) in [5, 5.41) is 0. The Balaban J connectivity index is 1.16. The van der Waals surface area contributed by atoms with Gasteiger partial charge in [-0.25, -0.2) is 0 Å². The van der Waals surface area contributed by atoms with E-state index in [4.69, 9.17) is 0 Å². The highest BCUT2D eigenvalue weighted by Gasteiger charge is 2.56. The van der Waals surface area contributed by atoms with E-state index in [-0.39, 0.29) is 24.8 Å². The van der Waals surface area contributed by atoms with Crippen molar-refractivity contribution in [2.24, 2.45) is 0 Å². The minimum atomic E-state index is -0.298. The molecule has 0 aliphatic carbocycles. The van der Waals surface area contributed by atoms with Crippen molar-refractivity contribution in [3.63, 3.8) is 0 Å². The van der Waals surface area contributed by atoms with E-state index in [2.05, 4.69) is 193 Å². The maximum atomic E-state index is 2.67. The molecule has 6 aliphatic heterocycles. The average Bonchev–Trinajstić information content (AvgIpc) is 3.71. The summed E-state index contributed by atoms with van der Waals surface area (Å²) >= 11 is 3.80. The summed E-state index contributed by atoms with van der Waals surface area (Å²) in [6, 6.07) is 55.5. The van der Waals surface area contributed by atoms with Crippen LogP contribution in [0.1, 0.15) is 49.9 Å². The number of benzene rings is 7. The van der Waals surface area contributed by atoms with Gasteiger partial charge in [-0.2, -0.15) is 0 Å². The van der Waals surface area contributed by atoms with Crippen LogP contribution in [0.5, 0.6) is 0 Å². The average molecular weight is 755 g/mol. The molecular weight excluding hydrogens is 718 g/mol. The van der Waals surface area contributed by atoms with Crippen molar-refractivity contribution in [3.05, 3.63) is 168 Å². The van der Waals surface area contributed by atoms with Crippen LogP contribution >= 0.6 is 23.5 Å². The van der Waals surface area contributed by atoms with Crippen LogP contribution in [0.3, 0.4) is 0 Å². The molecule has 6 aliphatic rings. The molecule has 6 heterocycles. The first-order valence-electron chi connectivity index (χ1n) is 19.7. The molecule has 0 bridgehead atoms. The first kappa shape index (κ1) is 31.7. The molecule has 7 aromatic rings. The highest BCUT2D eigenvalue weighted by molar-refractivity contribution is 8.00. The number of fused-ring (bicyclic) bond motifs is 18. The van der Waals surface area contributed by atoms with Gasteiger partial charge in [0.2, 0.25) is 0 Å². The molecule has 8 heteroatoms. The molecule has 266 valence electrons. The van der Waals surface area contributed by atoms with E-state index in [0.717, 1.165) is 0 Å². The summed E-state index contributed by atoms with van der Waals surface area (Å²) in [6.45, 7) is 9.69. The summed E-state index contributed by atoms with van der Waals surface area (Å²) in [5.74, 6) is 0. The summed E-state index contributed by atoms with van der Waals surface area (Å²) in [6.07, 6.45) is 0. The van der Waals surface area contributed by atoms with E-state index >= 15 is 0 Å². The van der Waals surface area contributed by atoms with E-state index < -0.39 is 0 Å². The fraction of sp³-hybridized carbons (Fsp3) is 0.125. The molecule has 0 saturated carbocycles.